The smallest absolute Gasteiger partial charge is 0.341 e. The van der Waals surface area contributed by atoms with Gasteiger partial charge in [-0.05, 0) is 55.9 Å². The van der Waals surface area contributed by atoms with Crippen molar-refractivity contribution in [3.05, 3.63) is 67.4 Å². The number of hydrogen-bond acceptors (Lipinski definition) is 9. The SMILES string of the molecule is COC(=O)c1c(NC(=O)c2cc3c(=O)n4cccc(C)c4nc3n(CCN3CCOCC3)c2=N)sc2c1CCCC2. The Morgan fingerprint density at radius 1 is 1.17 bits per heavy atom. The highest BCUT2D eigenvalue weighted by Gasteiger charge is 2.28. The number of methoxy groups -OCH3 is 1. The molecule has 1 aliphatic heterocycles. The molecule has 2 aliphatic rings. The maximum absolute atomic E-state index is 13.8. The van der Waals surface area contributed by atoms with Crippen LogP contribution in [0.25, 0.3) is 16.7 Å². The van der Waals surface area contributed by atoms with Crippen molar-refractivity contribution in [3.63, 3.8) is 0 Å². The summed E-state index contributed by atoms with van der Waals surface area (Å²) in [7, 11) is 1.33. The van der Waals surface area contributed by atoms with E-state index in [0.717, 1.165) is 54.8 Å². The Bertz CT molecular complexity index is 1800. The maximum Gasteiger partial charge on any atom is 0.341 e. The average molecular weight is 577 g/mol. The number of nitrogens with zero attached hydrogens (tertiary/aromatic N) is 4. The van der Waals surface area contributed by atoms with E-state index in [1.807, 2.05) is 13.0 Å². The van der Waals surface area contributed by atoms with Crippen molar-refractivity contribution in [1.29, 1.82) is 5.41 Å². The summed E-state index contributed by atoms with van der Waals surface area (Å²) in [5.41, 5.74) is 2.69. The molecule has 0 radical (unpaired) electrons. The summed E-state index contributed by atoms with van der Waals surface area (Å²) in [6.07, 6.45) is 5.24. The molecule has 0 spiro atoms. The fourth-order valence-corrected chi connectivity index (χ4v) is 6.97. The quantitative estimate of drug-likeness (QED) is 0.267. The minimum Gasteiger partial charge on any atom is -0.465 e. The van der Waals surface area contributed by atoms with Crippen LogP contribution in [-0.4, -0.2) is 70.7 Å². The first-order chi connectivity index (χ1) is 19.9. The summed E-state index contributed by atoms with van der Waals surface area (Å²) >= 11 is 1.38. The molecule has 1 fully saturated rings. The van der Waals surface area contributed by atoms with Crippen LogP contribution in [0.3, 0.4) is 0 Å². The second-order valence-corrected chi connectivity index (χ2v) is 11.5. The Morgan fingerprint density at radius 2 is 1.95 bits per heavy atom. The number of aryl methyl sites for hydroxylation is 2. The van der Waals surface area contributed by atoms with Crippen molar-refractivity contribution in [2.24, 2.45) is 0 Å². The molecule has 0 saturated carbocycles. The van der Waals surface area contributed by atoms with Gasteiger partial charge in [0.2, 0.25) is 0 Å². The van der Waals surface area contributed by atoms with Gasteiger partial charge in [0.25, 0.3) is 11.5 Å². The summed E-state index contributed by atoms with van der Waals surface area (Å²) in [5.74, 6) is -1.05. The van der Waals surface area contributed by atoms with Crippen LogP contribution in [0.15, 0.2) is 29.2 Å². The lowest BCUT2D eigenvalue weighted by molar-refractivity contribution is 0.0363. The molecular formula is C29H32N6O5S. The average Bonchev–Trinajstić information content (AvgIpc) is 3.35. The molecule has 4 aromatic rings. The van der Waals surface area contributed by atoms with E-state index in [9.17, 15) is 14.4 Å². The number of carbonyl (C=O) groups excluding carboxylic acids is 2. The van der Waals surface area contributed by atoms with Crippen molar-refractivity contribution < 1.29 is 19.1 Å². The predicted molar refractivity (Wildman–Crippen MR) is 155 cm³/mol. The number of anilines is 1. The van der Waals surface area contributed by atoms with E-state index < -0.39 is 11.9 Å². The fourth-order valence-electron chi connectivity index (χ4n) is 5.70. The molecule has 0 unspecified atom stereocenters. The van der Waals surface area contributed by atoms with Gasteiger partial charge in [-0.2, -0.15) is 0 Å². The number of amides is 1. The third kappa shape index (κ3) is 4.96. The van der Waals surface area contributed by atoms with Gasteiger partial charge in [-0.25, -0.2) is 9.78 Å². The number of nitrogens with one attached hydrogen (secondary N) is 2. The normalized spacial score (nSPS) is 15.7. The predicted octanol–water partition coefficient (Wildman–Crippen LogP) is 2.75. The molecule has 1 aliphatic carbocycles. The molecule has 0 atom stereocenters. The van der Waals surface area contributed by atoms with E-state index in [-0.39, 0.29) is 22.0 Å². The van der Waals surface area contributed by atoms with Gasteiger partial charge < -0.3 is 19.4 Å². The van der Waals surface area contributed by atoms with E-state index >= 15 is 0 Å². The van der Waals surface area contributed by atoms with Gasteiger partial charge in [0, 0.05) is 37.3 Å². The second kappa shape index (κ2) is 11.2. The molecule has 214 valence electrons. The van der Waals surface area contributed by atoms with Crippen molar-refractivity contribution in [3.8, 4) is 0 Å². The molecule has 6 rings (SSSR count). The van der Waals surface area contributed by atoms with Gasteiger partial charge in [-0.1, -0.05) is 6.07 Å². The van der Waals surface area contributed by atoms with Gasteiger partial charge >= 0.3 is 5.97 Å². The van der Waals surface area contributed by atoms with Gasteiger partial charge in [-0.3, -0.25) is 24.3 Å². The highest BCUT2D eigenvalue weighted by molar-refractivity contribution is 7.17. The number of rotatable bonds is 6. The zero-order chi connectivity index (χ0) is 28.7. The molecule has 1 saturated heterocycles. The largest absolute Gasteiger partial charge is 0.465 e. The third-order valence-electron chi connectivity index (χ3n) is 7.91. The van der Waals surface area contributed by atoms with Gasteiger partial charge in [-0.15, -0.1) is 11.3 Å². The first-order valence-corrected chi connectivity index (χ1v) is 14.6. The van der Waals surface area contributed by atoms with E-state index in [2.05, 4.69) is 10.2 Å². The zero-order valence-corrected chi connectivity index (χ0v) is 23.9. The molecule has 12 heteroatoms. The number of fused-ring (bicyclic) bond motifs is 3. The van der Waals surface area contributed by atoms with Crippen molar-refractivity contribution in [1.82, 2.24) is 18.9 Å². The topological polar surface area (TPSA) is 131 Å². The van der Waals surface area contributed by atoms with E-state index in [4.69, 9.17) is 19.9 Å². The molecule has 41 heavy (non-hydrogen) atoms. The molecule has 11 nitrogen and oxygen atoms in total. The number of carbonyl (C=O) groups is 2. The van der Waals surface area contributed by atoms with Crippen LogP contribution in [0.2, 0.25) is 0 Å². The number of hydrogen-bond donors (Lipinski definition) is 2. The standard InChI is InChI=1S/C29H32N6O5S/c1-17-6-5-9-35-24(17)31-25-20(28(35)37)16-19(23(30)34(25)11-10-33-12-14-40-15-13-33)26(36)32-27-22(29(38)39-2)18-7-3-4-8-21(18)41-27/h5-6,9,16,30H,3-4,7-8,10-15H2,1-2H3,(H,32,36). The number of esters is 1. The first-order valence-electron chi connectivity index (χ1n) is 13.8. The lowest BCUT2D eigenvalue weighted by Gasteiger charge is -2.27. The minimum absolute atomic E-state index is 0.0353. The molecule has 1 amide bonds. The highest BCUT2D eigenvalue weighted by Crippen LogP contribution is 2.38. The summed E-state index contributed by atoms with van der Waals surface area (Å²) in [4.78, 5) is 48.3. The molecule has 4 aromatic heterocycles. The number of aromatic nitrogens is 3. The summed E-state index contributed by atoms with van der Waals surface area (Å²) < 4.78 is 13.6. The molecule has 2 N–H and O–H groups in total. The minimum atomic E-state index is -0.561. The van der Waals surface area contributed by atoms with Crippen molar-refractivity contribution >= 4 is 44.9 Å². The molecule has 5 heterocycles. The Kier molecular flexibility index (Phi) is 7.45. The number of pyridine rings is 2. The Balaban J connectivity index is 1.47. The van der Waals surface area contributed by atoms with Crippen LogP contribution in [-0.2, 0) is 28.9 Å². The highest BCUT2D eigenvalue weighted by atomic mass is 32.1. The monoisotopic (exact) mass is 576 g/mol. The lowest BCUT2D eigenvalue weighted by Crippen LogP contribution is -2.40. The Morgan fingerprint density at radius 3 is 2.73 bits per heavy atom. The maximum atomic E-state index is 13.8. The second-order valence-electron chi connectivity index (χ2n) is 10.4. The van der Waals surface area contributed by atoms with Crippen LogP contribution < -0.4 is 16.4 Å². The van der Waals surface area contributed by atoms with Crippen LogP contribution in [0.5, 0.6) is 0 Å². The molecule has 0 bridgehead atoms. The van der Waals surface area contributed by atoms with Crippen molar-refractivity contribution in [2.75, 3.05) is 45.3 Å². The van der Waals surface area contributed by atoms with Crippen LogP contribution >= 0.6 is 11.3 Å². The third-order valence-corrected chi connectivity index (χ3v) is 9.12. The van der Waals surface area contributed by atoms with E-state index in [1.165, 1.54) is 28.9 Å². The number of ether oxygens (including phenoxy) is 2. The van der Waals surface area contributed by atoms with Gasteiger partial charge in [0.05, 0.1) is 36.8 Å². The van der Waals surface area contributed by atoms with Gasteiger partial charge in [0.15, 0.2) is 0 Å². The van der Waals surface area contributed by atoms with Crippen LogP contribution in [0.1, 0.15) is 49.6 Å². The van der Waals surface area contributed by atoms with Gasteiger partial charge in [0.1, 0.15) is 21.8 Å². The van der Waals surface area contributed by atoms with E-state index in [1.54, 1.807) is 16.8 Å². The zero-order valence-electron chi connectivity index (χ0n) is 23.1. The Hall–Kier alpha value is -3.87. The first kappa shape index (κ1) is 27.3. The van der Waals surface area contributed by atoms with Crippen molar-refractivity contribution in [2.45, 2.75) is 39.2 Å². The lowest BCUT2D eigenvalue weighted by atomic mass is 9.95. The summed E-state index contributed by atoms with van der Waals surface area (Å²) in [6.45, 7) is 5.67. The fraction of sp³-hybridized carbons (Fsp3) is 0.414. The number of thiophene rings is 1. The summed E-state index contributed by atoms with van der Waals surface area (Å²) in [6, 6.07) is 5.12. The number of morpholine rings is 1. The molecular weight excluding hydrogens is 544 g/mol. The Labute approximate surface area is 239 Å². The van der Waals surface area contributed by atoms with Crippen LogP contribution in [0.4, 0.5) is 5.00 Å². The summed E-state index contributed by atoms with van der Waals surface area (Å²) in [5, 5.41) is 12.7. The van der Waals surface area contributed by atoms with E-state index in [0.29, 0.717) is 48.2 Å². The van der Waals surface area contributed by atoms with Crippen LogP contribution in [0, 0.1) is 12.3 Å². The molecule has 0 aromatic carbocycles.